The predicted octanol–water partition coefficient (Wildman–Crippen LogP) is 0.436. The molecule has 0 saturated carbocycles. The summed E-state index contributed by atoms with van der Waals surface area (Å²) in [6.45, 7) is 0. The Labute approximate surface area is 133 Å². The molecule has 0 aromatic heterocycles. The van der Waals surface area contributed by atoms with Crippen LogP contribution in [0.15, 0.2) is 24.3 Å². The zero-order chi connectivity index (χ0) is 18.1. The molecule has 1 aliphatic heterocycles. The van der Waals surface area contributed by atoms with E-state index in [1.54, 1.807) is 6.07 Å². The van der Waals surface area contributed by atoms with Gasteiger partial charge in [0.25, 0.3) is 5.91 Å². The van der Waals surface area contributed by atoms with Gasteiger partial charge in [-0.15, -0.1) is 0 Å². The number of amides is 2. The number of ether oxygens (including phenoxy) is 1. The monoisotopic (exact) mass is 346 g/mol. The molecule has 0 aliphatic carbocycles. The highest BCUT2D eigenvalue weighted by Crippen LogP contribution is 2.39. The van der Waals surface area contributed by atoms with Crippen molar-refractivity contribution in [3.63, 3.8) is 0 Å². The van der Waals surface area contributed by atoms with Gasteiger partial charge in [0.2, 0.25) is 0 Å². The lowest BCUT2D eigenvalue weighted by atomic mass is 9.88. The Morgan fingerprint density at radius 2 is 2.00 bits per heavy atom. The maximum atomic E-state index is 12.4. The van der Waals surface area contributed by atoms with Crippen molar-refractivity contribution in [3.8, 4) is 0 Å². The van der Waals surface area contributed by atoms with Crippen LogP contribution in [0.5, 0.6) is 0 Å². The first-order chi connectivity index (χ1) is 11.1. The molecule has 0 saturated heterocycles. The molecule has 0 bridgehead atoms. The molecule has 10 heteroatoms. The molecule has 1 aromatic rings. The summed E-state index contributed by atoms with van der Waals surface area (Å²) >= 11 is 0. The van der Waals surface area contributed by atoms with E-state index in [-0.39, 0.29) is 11.3 Å². The number of hydrogen-bond acceptors (Lipinski definition) is 5. The van der Waals surface area contributed by atoms with Crippen LogP contribution in [0.3, 0.4) is 0 Å². The van der Waals surface area contributed by atoms with Crippen LogP contribution in [0, 0.1) is 0 Å². The molecule has 7 nitrogen and oxygen atoms in total. The topological polar surface area (TPSA) is 105 Å². The van der Waals surface area contributed by atoms with Gasteiger partial charge in [0.15, 0.2) is 5.60 Å². The van der Waals surface area contributed by atoms with Gasteiger partial charge in [-0.1, -0.05) is 18.2 Å². The van der Waals surface area contributed by atoms with Gasteiger partial charge in [-0.05, 0) is 6.07 Å². The van der Waals surface area contributed by atoms with Gasteiger partial charge in [-0.3, -0.25) is 9.59 Å². The molecule has 2 unspecified atom stereocenters. The Morgan fingerprint density at radius 3 is 2.58 bits per heavy atom. The molecule has 2 amide bonds. The number of anilines is 1. The fourth-order valence-corrected chi connectivity index (χ4v) is 2.37. The molecule has 3 N–H and O–H groups in total. The van der Waals surface area contributed by atoms with E-state index < -0.39 is 42.0 Å². The van der Waals surface area contributed by atoms with Gasteiger partial charge in [0.05, 0.1) is 7.11 Å². The van der Waals surface area contributed by atoms with E-state index in [4.69, 9.17) is 0 Å². The molecule has 24 heavy (non-hydrogen) atoms. The van der Waals surface area contributed by atoms with Crippen LogP contribution in [0.4, 0.5) is 18.9 Å². The molecule has 1 heterocycles. The van der Waals surface area contributed by atoms with Gasteiger partial charge in [-0.2, -0.15) is 13.2 Å². The summed E-state index contributed by atoms with van der Waals surface area (Å²) in [5.41, 5.74) is -1.94. The van der Waals surface area contributed by atoms with Crippen molar-refractivity contribution in [3.05, 3.63) is 29.8 Å². The molecular weight excluding hydrogens is 333 g/mol. The Morgan fingerprint density at radius 1 is 1.38 bits per heavy atom. The van der Waals surface area contributed by atoms with Crippen molar-refractivity contribution in [2.45, 2.75) is 24.2 Å². The number of benzene rings is 1. The number of para-hydroxylation sites is 1. The van der Waals surface area contributed by atoms with Gasteiger partial charge in [0.1, 0.15) is 6.04 Å². The highest BCUT2D eigenvalue weighted by Gasteiger charge is 2.49. The number of aliphatic hydroxyl groups is 1. The fourth-order valence-electron chi connectivity index (χ4n) is 2.37. The van der Waals surface area contributed by atoms with Crippen LogP contribution < -0.4 is 10.6 Å². The average Bonchev–Trinajstić information content (AvgIpc) is 2.76. The molecule has 2 rings (SSSR count). The summed E-state index contributed by atoms with van der Waals surface area (Å²) < 4.78 is 41.5. The third-order valence-corrected chi connectivity index (χ3v) is 3.54. The van der Waals surface area contributed by atoms with E-state index in [2.05, 4.69) is 10.1 Å². The number of carbonyl (C=O) groups is 3. The fraction of sp³-hybridized carbons (Fsp3) is 0.357. The van der Waals surface area contributed by atoms with E-state index in [1.807, 2.05) is 0 Å². The normalized spacial score (nSPS) is 20.8. The van der Waals surface area contributed by atoms with Crippen LogP contribution in [-0.2, 0) is 24.7 Å². The van der Waals surface area contributed by atoms with E-state index in [0.29, 0.717) is 0 Å². The first-order valence-corrected chi connectivity index (χ1v) is 6.68. The third kappa shape index (κ3) is 3.18. The van der Waals surface area contributed by atoms with Crippen molar-refractivity contribution < 1.29 is 37.4 Å². The van der Waals surface area contributed by atoms with Crippen LogP contribution in [0.2, 0.25) is 0 Å². The smallest absolute Gasteiger partial charge is 0.467 e. The van der Waals surface area contributed by atoms with E-state index in [0.717, 1.165) is 7.11 Å². The number of fused-ring (bicyclic) bond motifs is 1. The number of hydrogen-bond donors (Lipinski definition) is 3. The zero-order valence-corrected chi connectivity index (χ0v) is 12.3. The summed E-state index contributed by atoms with van der Waals surface area (Å²) in [7, 11) is 0.905. The van der Waals surface area contributed by atoms with Gasteiger partial charge in [-0.25, -0.2) is 4.79 Å². The Balaban J connectivity index is 2.31. The van der Waals surface area contributed by atoms with Crippen LogP contribution in [0.25, 0.3) is 0 Å². The van der Waals surface area contributed by atoms with E-state index in [1.165, 1.54) is 23.5 Å². The quantitative estimate of drug-likeness (QED) is 0.686. The third-order valence-electron chi connectivity index (χ3n) is 3.54. The molecule has 2 atom stereocenters. The second kappa shape index (κ2) is 6.11. The van der Waals surface area contributed by atoms with E-state index >= 15 is 0 Å². The predicted molar refractivity (Wildman–Crippen MR) is 73.6 cm³/mol. The molecule has 0 fully saturated rings. The van der Waals surface area contributed by atoms with E-state index in [9.17, 15) is 32.7 Å². The molecule has 1 aliphatic rings. The van der Waals surface area contributed by atoms with Gasteiger partial charge in [0, 0.05) is 17.7 Å². The number of esters is 1. The summed E-state index contributed by atoms with van der Waals surface area (Å²) in [6.07, 6.45) is -6.05. The summed E-state index contributed by atoms with van der Waals surface area (Å²) in [6, 6.07) is 4.07. The van der Waals surface area contributed by atoms with Crippen LogP contribution >= 0.6 is 0 Å². The van der Waals surface area contributed by atoms with Crippen molar-refractivity contribution in [1.29, 1.82) is 0 Å². The van der Waals surface area contributed by atoms with Crippen molar-refractivity contribution in [2.24, 2.45) is 0 Å². The van der Waals surface area contributed by atoms with Crippen molar-refractivity contribution in [2.75, 3.05) is 12.4 Å². The first kappa shape index (κ1) is 17.7. The summed E-state index contributed by atoms with van der Waals surface area (Å²) in [4.78, 5) is 34.8. The lowest BCUT2D eigenvalue weighted by molar-refractivity contribution is -0.176. The lowest BCUT2D eigenvalue weighted by Gasteiger charge is -2.26. The first-order valence-electron chi connectivity index (χ1n) is 6.68. The zero-order valence-electron chi connectivity index (χ0n) is 12.3. The van der Waals surface area contributed by atoms with Crippen LogP contribution in [-0.4, -0.2) is 42.2 Å². The Bertz CT molecular complexity index is 691. The molecular formula is C14H13F3N2O5. The minimum absolute atomic E-state index is 0.0881. The standard InChI is InChI=1S/C14H13F3N2O5/c1-24-10(20)9(19-12(22)14(15,16)17)6-13(23)7-4-2-3-5-8(7)18-11(13)21/h2-5,9,23H,6H2,1H3,(H,18,21)(H,19,22). The Hall–Kier alpha value is -2.62. The molecule has 1 aromatic carbocycles. The highest BCUT2D eigenvalue weighted by molar-refractivity contribution is 6.05. The maximum Gasteiger partial charge on any atom is 0.471 e. The second-order valence-corrected chi connectivity index (χ2v) is 5.11. The average molecular weight is 346 g/mol. The number of carbonyl (C=O) groups excluding carboxylic acids is 3. The lowest BCUT2D eigenvalue weighted by Crippen LogP contribution is -2.51. The van der Waals surface area contributed by atoms with Gasteiger partial charge >= 0.3 is 18.1 Å². The molecule has 0 radical (unpaired) electrons. The van der Waals surface area contributed by atoms with Gasteiger partial charge < -0.3 is 20.5 Å². The maximum absolute atomic E-state index is 12.4. The minimum Gasteiger partial charge on any atom is -0.467 e. The number of rotatable bonds is 4. The number of alkyl halides is 3. The Kier molecular flexibility index (Phi) is 4.52. The summed E-state index contributed by atoms with van der Waals surface area (Å²) in [5, 5.41) is 14.4. The second-order valence-electron chi connectivity index (χ2n) is 5.11. The van der Waals surface area contributed by atoms with Crippen molar-refractivity contribution in [1.82, 2.24) is 5.32 Å². The SMILES string of the molecule is COC(=O)C(CC1(O)C(=O)Nc2ccccc21)NC(=O)C(F)(F)F. The minimum atomic E-state index is -5.23. The largest absolute Gasteiger partial charge is 0.471 e. The van der Waals surface area contributed by atoms with Crippen LogP contribution in [0.1, 0.15) is 12.0 Å². The summed E-state index contributed by atoms with van der Waals surface area (Å²) in [5.74, 6) is -4.52. The number of nitrogens with one attached hydrogen (secondary N) is 2. The number of halogens is 3. The molecule has 130 valence electrons. The number of methoxy groups -OCH3 is 1. The molecule has 0 spiro atoms. The highest BCUT2D eigenvalue weighted by atomic mass is 19.4. The van der Waals surface area contributed by atoms with Crippen molar-refractivity contribution >= 4 is 23.5 Å².